The third-order valence-electron chi connectivity index (χ3n) is 5.14. The van der Waals surface area contributed by atoms with Gasteiger partial charge < -0.3 is 26.0 Å². The standard InChI is InChI=1S/C26H32NO3P2.BrH/c1-4-22-27(23-31(28,29-5-2)30-6-3)32(24-16-10-7-11-17-24,25-18-12-8-13-19-25)26-20-14-9-15-21-26;/h4,7-21H,1,5-6,22-23H2,2-3H3;1H/q+1;/p-1. The summed E-state index contributed by atoms with van der Waals surface area (Å²) in [7, 11) is -5.75. The zero-order valence-corrected chi connectivity index (χ0v) is 22.6. The van der Waals surface area contributed by atoms with Gasteiger partial charge in [0, 0.05) is 0 Å². The first kappa shape index (κ1) is 27.7. The van der Waals surface area contributed by atoms with Crippen LogP contribution in [0.4, 0.5) is 0 Å². The smallest absolute Gasteiger partial charge is 0.348 e. The van der Waals surface area contributed by atoms with Crippen molar-refractivity contribution in [3.05, 3.63) is 104 Å². The van der Waals surface area contributed by atoms with Gasteiger partial charge in [-0.15, -0.1) is 6.58 Å². The molecule has 0 unspecified atom stereocenters. The lowest BCUT2D eigenvalue weighted by molar-refractivity contribution is -0.0000113. The Morgan fingerprint density at radius 1 is 0.788 bits per heavy atom. The molecule has 3 rings (SSSR count). The summed E-state index contributed by atoms with van der Waals surface area (Å²) in [6.45, 7) is 8.90. The van der Waals surface area contributed by atoms with Crippen molar-refractivity contribution in [3.8, 4) is 0 Å². The number of halogens is 1. The van der Waals surface area contributed by atoms with Gasteiger partial charge in [-0.1, -0.05) is 60.7 Å². The molecule has 7 heteroatoms. The lowest BCUT2D eigenvalue weighted by atomic mass is 10.4. The summed E-state index contributed by atoms with van der Waals surface area (Å²) in [5, 5.41) is 3.54. The van der Waals surface area contributed by atoms with Gasteiger partial charge in [0.15, 0.2) is 7.41 Å². The molecule has 0 radical (unpaired) electrons. The lowest BCUT2D eigenvalue weighted by Gasteiger charge is -2.37. The first-order chi connectivity index (χ1) is 15.6. The maximum absolute atomic E-state index is 13.7. The van der Waals surface area contributed by atoms with Crippen LogP contribution >= 0.6 is 15.0 Å². The van der Waals surface area contributed by atoms with E-state index in [-0.39, 0.29) is 23.3 Å². The Morgan fingerprint density at radius 2 is 1.15 bits per heavy atom. The fraction of sp³-hybridized carbons (Fsp3) is 0.231. The van der Waals surface area contributed by atoms with Crippen LogP contribution in [0, 0.1) is 0 Å². The van der Waals surface area contributed by atoms with Gasteiger partial charge in [0.1, 0.15) is 22.2 Å². The normalized spacial score (nSPS) is 11.7. The largest absolute Gasteiger partial charge is 1.00 e. The van der Waals surface area contributed by atoms with E-state index in [2.05, 4.69) is 84.0 Å². The van der Waals surface area contributed by atoms with E-state index in [1.165, 1.54) is 15.9 Å². The molecule has 0 aliphatic rings. The van der Waals surface area contributed by atoms with E-state index >= 15 is 0 Å². The van der Waals surface area contributed by atoms with Gasteiger partial charge in [0.05, 0.1) is 19.8 Å². The first-order valence-electron chi connectivity index (χ1n) is 10.9. The molecule has 0 aliphatic heterocycles. The maximum Gasteiger partial charge on any atom is 0.348 e. The molecule has 0 atom stereocenters. The van der Waals surface area contributed by atoms with Gasteiger partial charge in [0.25, 0.3) is 0 Å². The van der Waals surface area contributed by atoms with Gasteiger partial charge >= 0.3 is 7.60 Å². The number of hydrogen-bond acceptors (Lipinski definition) is 4. The Labute approximate surface area is 209 Å². The van der Waals surface area contributed by atoms with Crippen LogP contribution in [0.3, 0.4) is 0 Å². The highest BCUT2D eigenvalue weighted by Gasteiger charge is 2.53. The average molecular weight is 548 g/mol. The first-order valence-corrected chi connectivity index (χ1v) is 14.4. The fourth-order valence-electron chi connectivity index (χ4n) is 4.00. The predicted octanol–water partition coefficient (Wildman–Crippen LogP) is 2.61. The van der Waals surface area contributed by atoms with Crippen LogP contribution in [0.15, 0.2) is 104 Å². The number of nitrogens with zero attached hydrogens (tertiary/aromatic N) is 1. The van der Waals surface area contributed by atoms with E-state index in [0.29, 0.717) is 19.8 Å². The van der Waals surface area contributed by atoms with Crippen LogP contribution in [-0.4, -0.2) is 30.7 Å². The van der Waals surface area contributed by atoms with Crippen molar-refractivity contribution in [3.63, 3.8) is 0 Å². The summed E-state index contributed by atoms with van der Waals surface area (Å²) in [5.74, 6) is 0. The average Bonchev–Trinajstić information content (AvgIpc) is 2.82. The second-order valence-electron chi connectivity index (χ2n) is 7.21. The Kier molecular flexibility index (Phi) is 11.2. The molecule has 3 aromatic rings. The number of benzene rings is 3. The third kappa shape index (κ3) is 6.31. The predicted molar refractivity (Wildman–Crippen MR) is 138 cm³/mol. The SMILES string of the molecule is C=CCN(CP(=O)(OCC)OCC)[P+](c1ccccc1)(c1ccccc1)c1ccccc1.[Br-]. The maximum atomic E-state index is 13.7. The second kappa shape index (κ2) is 13.3. The van der Waals surface area contributed by atoms with Crippen molar-refractivity contribution in [1.82, 2.24) is 4.67 Å². The van der Waals surface area contributed by atoms with Crippen molar-refractivity contribution in [2.75, 3.05) is 26.0 Å². The van der Waals surface area contributed by atoms with E-state index in [1.807, 2.05) is 38.1 Å². The molecule has 4 nitrogen and oxygen atoms in total. The summed E-state index contributed by atoms with van der Waals surface area (Å²) >= 11 is 0. The molecule has 0 saturated carbocycles. The molecule has 3 aromatic carbocycles. The summed E-state index contributed by atoms with van der Waals surface area (Å²) in [6.07, 6.45) is 2.04. The van der Waals surface area contributed by atoms with E-state index in [0.717, 1.165) is 0 Å². The van der Waals surface area contributed by atoms with Crippen molar-refractivity contribution in [2.45, 2.75) is 13.8 Å². The summed E-state index contributed by atoms with van der Waals surface area (Å²) < 4.78 is 27.5. The lowest BCUT2D eigenvalue weighted by Crippen LogP contribution is -3.00. The van der Waals surface area contributed by atoms with Crippen LogP contribution in [0.2, 0.25) is 0 Å². The molecule has 0 fully saturated rings. The van der Waals surface area contributed by atoms with E-state index in [1.54, 1.807) is 0 Å². The van der Waals surface area contributed by atoms with Crippen LogP contribution in [0.5, 0.6) is 0 Å². The Bertz CT molecular complexity index is 913. The summed E-state index contributed by atoms with van der Waals surface area (Å²) in [6, 6.07) is 31.4. The molecule has 0 amide bonds. The van der Waals surface area contributed by atoms with Gasteiger partial charge in [-0.2, -0.15) is 4.67 Å². The highest BCUT2D eigenvalue weighted by atomic mass is 79.9. The molecule has 0 heterocycles. The monoisotopic (exact) mass is 547 g/mol. The van der Waals surface area contributed by atoms with Crippen LogP contribution in [0.1, 0.15) is 13.8 Å². The van der Waals surface area contributed by atoms with Gasteiger partial charge in [-0.05, 0) is 50.2 Å². The zero-order valence-electron chi connectivity index (χ0n) is 19.2. The Hall–Kier alpha value is -1.58. The van der Waals surface area contributed by atoms with Crippen molar-refractivity contribution < 1.29 is 30.6 Å². The fourth-order valence-corrected chi connectivity index (χ4v) is 10.8. The van der Waals surface area contributed by atoms with E-state index < -0.39 is 15.0 Å². The highest BCUT2D eigenvalue weighted by molar-refractivity contribution is 7.94. The Morgan fingerprint density at radius 3 is 1.45 bits per heavy atom. The molecule has 0 bridgehead atoms. The van der Waals surface area contributed by atoms with Crippen LogP contribution in [0.25, 0.3) is 0 Å². The minimum absolute atomic E-state index is 0. The molecule has 176 valence electrons. The number of rotatable bonds is 12. The van der Waals surface area contributed by atoms with Gasteiger partial charge in [0.2, 0.25) is 0 Å². The Balaban J connectivity index is 0.00000385. The second-order valence-corrected chi connectivity index (χ2v) is 12.6. The van der Waals surface area contributed by atoms with Crippen molar-refractivity contribution in [2.24, 2.45) is 0 Å². The minimum atomic E-state index is -3.36. The van der Waals surface area contributed by atoms with E-state index in [4.69, 9.17) is 9.05 Å². The third-order valence-corrected chi connectivity index (χ3v) is 11.6. The minimum Gasteiger partial charge on any atom is -1.00 e. The van der Waals surface area contributed by atoms with Gasteiger partial charge in [-0.25, -0.2) is 0 Å². The number of hydrogen-bond donors (Lipinski definition) is 0. The van der Waals surface area contributed by atoms with Crippen LogP contribution < -0.4 is 32.9 Å². The summed E-state index contributed by atoms with van der Waals surface area (Å²) in [4.78, 5) is 0. The van der Waals surface area contributed by atoms with Crippen LogP contribution in [-0.2, 0) is 13.6 Å². The topological polar surface area (TPSA) is 38.8 Å². The molecule has 0 aliphatic carbocycles. The van der Waals surface area contributed by atoms with Crippen molar-refractivity contribution in [1.29, 1.82) is 0 Å². The molecule has 33 heavy (non-hydrogen) atoms. The molecule has 0 saturated heterocycles. The molecular formula is C26H32BrNO3P2. The van der Waals surface area contributed by atoms with E-state index in [9.17, 15) is 4.57 Å². The molecule has 0 aromatic heterocycles. The zero-order chi connectivity index (χ0) is 22.9. The molecule has 0 spiro atoms. The van der Waals surface area contributed by atoms with Gasteiger partial charge in [-0.3, -0.25) is 4.57 Å². The highest BCUT2D eigenvalue weighted by Crippen LogP contribution is 2.63. The molecule has 0 N–H and O–H groups in total. The molecular weight excluding hydrogens is 516 g/mol. The summed E-state index contributed by atoms with van der Waals surface area (Å²) in [5.41, 5.74) is 0. The quantitative estimate of drug-likeness (QED) is 0.258. The van der Waals surface area contributed by atoms with Crippen molar-refractivity contribution >= 4 is 30.9 Å².